The fourth-order valence-electron chi connectivity index (χ4n) is 2.31. The van der Waals surface area contributed by atoms with Gasteiger partial charge >= 0.3 is 0 Å². The van der Waals surface area contributed by atoms with Gasteiger partial charge in [-0.15, -0.1) is 0 Å². The molecule has 0 fully saturated rings. The van der Waals surface area contributed by atoms with Crippen LogP contribution in [0.25, 0.3) is 0 Å². The van der Waals surface area contributed by atoms with Gasteiger partial charge in [0, 0.05) is 25.1 Å². The van der Waals surface area contributed by atoms with E-state index in [4.69, 9.17) is 0 Å². The van der Waals surface area contributed by atoms with Crippen molar-refractivity contribution >= 4 is 5.91 Å². The fourth-order valence-corrected chi connectivity index (χ4v) is 2.31. The van der Waals surface area contributed by atoms with Crippen LogP contribution in [0.4, 0.5) is 0 Å². The Morgan fingerprint density at radius 1 is 1.40 bits per heavy atom. The van der Waals surface area contributed by atoms with Gasteiger partial charge in [0.2, 0.25) is 6.39 Å². The lowest BCUT2D eigenvalue weighted by Crippen LogP contribution is -2.27. The first kappa shape index (κ1) is 12.8. The Hall–Kier alpha value is -2.21. The van der Waals surface area contributed by atoms with E-state index in [0.717, 1.165) is 19.5 Å². The Labute approximate surface area is 116 Å². The van der Waals surface area contributed by atoms with Gasteiger partial charge in [0.1, 0.15) is 0 Å². The number of aromatic nitrogens is 2. The minimum atomic E-state index is -0.0677. The molecule has 6 nitrogen and oxygen atoms in total. The monoisotopic (exact) mass is 272 g/mol. The normalized spacial score (nSPS) is 13.8. The maximum atomic E-state index is 12.1. The molecular formula is C14H16N4O2. The summed E-state index contributed by atoms with van der Waals surface area (Å²) in [4.78, 5) is 16.0. The zero-order chi connectivity index (χ0) is 13.8. The highest BCUT2D eigenvalue weighted by molar-refractivity contribution is 5.94. The van der Waals surface area contributed by atoms with Gasteiger partial charge in [0.05, 0.1) is 0 Å². The maximum Gasteiger partial charge on any atom is 0.251 e. The first-order chi connectivity index (χ1) is 9.83. The van der Waals surface area contributed by atoms with Gasteiger partial charge in [0.15, 0.2) is 5.82 Å². The molecule has 1 aliphatic rings. The summed E-state index contributed by atoms with van der Waals surface area (Å²) < 4.78 is 4.64. The Bertz CT molecular complexity index is 595. The van der Waals surface area contributed by atoms with Crippen LogP contribution in [0, 0.1) is 0 Å². The number of carbonyl (C=O) groups is 1. The molecule has 6 heteroatoms. The Morgan fingerprint density at radius 2 is 2.35 bits per heavy atom. The molecule has 0 atom stereocenters. The second-order valence-corrected chi connectivity index (χ2v) is 4.76. The van der Waals surface area contributed by atoms with E-state index in [1.165, 1.54) is 17.5 Å². The molecule has 3 rings (SSSR count). The number of hydrogen-bond acceptors (Lipinski definition) is 5. The summed E-state index contributed by atoms with van der Waals surface area (Å²) in [6.45, 7) is 2.33. The van der Waals surface area contributed by atoms with Gasteiger partial charge in [0.25, 0.3) is 5.91 Å². The Kier molecular flexibility index (Phi) is 3.73. The van der Waals surface area contributed by atoms with Crippen LogP contribution in [0.2, 0.25) is 0 Å². The quantitative estimate of drug-likeness (QED) is 0.856. The predicted molar refractivity (Wildman–Crippen MR) is 72.2 cm³/mol. The van der Waals surface area contributed by atoms with Crippen molar-refractivity contribution in [3.8, 4) is 0 Å². The first-order valence-corrected chi connectivity index (χ1v) is 6.69. The molecule has 20 heavy (non-hydrogen) atoms. The molecule has 0 aliphatic carbocycles. The number of carbonyl (C=O) groups excluding carboxylic acids is 1. The topological polar surface area (TPSA) is 80.1 Å². The largest absolute Gasteiger partial charge is 0.352 e. The van der Waals surface area contributed by atoms with Gasteiger partial charge in [-0.05, 0) is 36.2 Å². The summed E-state index contributed by atoms with van der Waals surface area (Å²) in [6.07, 6.45) is 2.87. The smallest absolute Gasteiger partial charge is 0.251 e. The molecule has 2 N–H and O–H groups in total. The van der Waals surface area contributed by atoms with Gasteiger partial charge in [-0.1, -0.05) is 11.2 Å². The third-order valence-electron chi connectivity index (χ3n) is 3.40. The molecule has 1 aromatic heterocycles. The van der Waals surface area contributed by atoms with Gasteiger partial charge in [-0.25, -0.2) is 0 Å². The molecule has 104 valence electrons. The number of fused-ring (bicyclic) bond motifs is 1. The number of benzene rings is 1. The number of amides is 1. The second-order valence-electron chi connectivity index (χ2n) is 4.76. The average molecular weight is 272 g/mol. The van der Waals surface area contributed by atoms with E-state index in [1.807, 2.05) is 18.2 Å². The molecule has 2 heterocycles. The maximum absolute atomic E-state index is 12.1. The third-order valence-corrected chi connectivity index (χ3v) is 3.40. The van der Waals surface area contributed by atoms with Crippen LogP contribution in [-0.2, 0) is 19.4 Å². The number of nitrogens with zero attached hydrogens (tertiary/aromatic N) is 2. The number of rotatable bonds is 4. The van der Waals surface area contributed by atoms with E-state index >= 15 is 0 Å². The van der Waals surface area contributed by atoms with Crippen molar-refractivity contribution in [2.24, 2.45) is 0 Å². The lowest BCUT2D eigenvalue weighted by Gasteiger charge is -2.17. The van der Waals surface area contributed by atoms with Crippen molar-refractivity contribution in [3.05, 3.63) is 47.1 Å². The minimum Gasteiger partial charge on any atom is -0.352 e. The SMILES string of the molecule is O=C(NCCc1ncon1)c1ccc2c(c1)CNCC2. The van der Waals surface area contributed by atoms with Crippen molar-refractivity contribution < 1.29 is 9.32 Å². The van der Waals surface area contributed by atoms with Crippen LogP contribution >= 0.6 is 0 Å². The van der Waals surface area contributed by atoms with Gasteiger partial charge in [-0.2, -0.15) is 4.98 Å². The van der Waals surface area contributed by atoms with E-state index in [2.05, 4.69) is 25.3 Å². The van der Waals surface area contributed by atoms with E-state index in [0.29, 0.717) is 24.4 Å². The molecule has 0 bridgehead atoms. The summed E-state index contributed by atoms with van der Waals surface area (Å²) in [5.74, 6) is 0.529. The van der Waals surface area contributed by atoms with E-state index in [9.17, 15) is 4.79 Å². The van der Waals surface area contributed by atoms with Crippen LogP contribution in [0.3, 0.4) is 0 Å². The van der Waals surface area contributed by atoms with Crippen LogP contribution in [0.1, 0.15) is 27.3 Å². The summed E-state index contributed by atoms with van der Waals surface area (Å²) in [6, 6.07) is 5.89. The average Bonchev–Trinajstić information content (AvgIpc) is 3.00. The molecule has 0 unspecified atom stereocenters. The zero-order valence-electron chi connectivity index (χ0n) is 11.1. The van der Waals surface area contributed by atoms with Crippen molar-refractivity contribution in [2.75, 3.05) is 13.1 Å². The first-order valence-electron chi connectivity index (χ1n) is 6.69. The Morgan fingerprint density at radius 3 is 3.20 bits per heavy atom. The van der Waals surface area contributed by atoms with Gasteiger partial charge in [-0.3, -0.25) is 4.79 Å². The summed E-state index contributed by atoms with van der Waals surface area (Å²) in [5.41, 5.74) is 3.23. The molecule has 0 radical (unpaired) electrons. The summed E-state index contributed by atoms with van der Waals surface area (Å²) >= 11 is 0. The third kappa shape index (κ3) is 2.85. The highest BCUT2D eigenvalue weighted by atomic mass is 16.5. The molecular weight excluding hydrogens is 256 g/mol. The van der Waals surface area contributed by atoms with Crippen molar-refractivity contribution in [2.45, 2.75) is 19.4 Å². The number of nitrogens with one attached hydrogen (secondary N) is 2. The van der Waals surface area contributed by atoms with Crippen LogP contribution in [-0.4, -0.2) is 29.1 Å². The molecule has 0 saturated heterocycles. The van der Waals surface area contributed by atoms with Crippen LogP contribution in [0.15, 0.2) is 29.1 Å². The van der Waals surface area contributed by atoms with E-state index < -0.39 is 0 Å². The Balaban J connectivity index is 1.59. The molecule has 1 aromatic carbocycles. The lowest BCUT2D eigenvalue weighted by atomic mass is 9.98. The molecule has 0 spiro atoms. The van der Waals surface area contributed by atoms with Crippen molar-refractivity contribution in [3.63, 3.8) is 0 Å². The van der Waals surface area contributed by atoms with E-state index in [-0.39, 0.29) is 5.91 Å². The predicted octanol–water partition coefficient (Wildman–Crippen LogP) is 0.688. The highest BCUT2D eigenvalue weighted by Gasteiger charge is 2.12. The molecule has 2 aromatic rings. The zero-order valence-corrected chi connectivity index (χ0v) is 11.1. The van der Waals surface area contributed by atoms with Crippen LogP contribution < -0.4 is 10.6 Å². The fraction of sp³-hybridized carbons (Fsp3) is 0.357. The molecule has 1 aliphatic heterocycles. The van der Waals surface area contributed by atoms with Crippen LogP contribution in [0.5, 0.6) is 0 Å². The van der Waals surface area contributed by atoms with Crippen molar-refractivity contribution in [1.82, 2.24) is 20.8 Å². The van der Waals surface area contributed by atoms with Crippen molar-refractivity contribution in [1.29, 1.82) is 0 Å². The number of hydrogen-bond donors (Lipinski definition) is 2. The highest BCUT2D eigenvalue weighted by Crippen LogP contribution is 2.15. The molecule has 0 saturated carbocycles. The standard InChI is InChI=1S/C14H16N4O2/c19-14(16-6-4-13-17-9-20-18-13)11-2-1-10-3-5-15-8-12(10)7-11/h1-2,7,9,15H,3-6,8H2,(H,16,19). The second kappa shape index (κ2) is 5.83. The minimum absolute atomic E-state index is 0.0677. The summed E-state index contributed by atoms with van der Waals surface area (Å²) in [7, 11) is 0. The molecule has 1 amide bonds. The van der Waals surface area contributed by atoms with Gasteiger partial charge < -0.3 is 15.2 Å². The van der Waals surface area contributed by atoms with E-state index in [1.54, 1.807) is 0 Å². The lowest BCUT2D eigenvalue weighted by molar-refractivity contribution is 0.0953. The summed E-state index contributed by atoms with van der Waals surface area (Å²) in [5, 5.41) is 9.87.